The molecule has 26 heavy (non-hydrogen) atoms. The average Bonchev–Trinajstić information content (AvgIpc) is 2.62. The second-order valence-electron chi connectivity index (χ2n) is 6.06. The zero-order valence-corrected chi connectivity index (χ0v) is 19.1. The number of carbonyl (C=O) groups excluding carboxylic acids is 1. The first-order chi connectivity index (χ1) is 12.4. The standard InChI is InChI=1S/C20H25BrIN3O/c1-4-25(5-2)11-10-23-20(26)17-13-15(21)6-8-19(17)24-18-9-7-16(22)12-14(18)3/h6-9,12-13,24H,4-5,10-11H2,1-3H3,(H,23,26). The summed E-state index contributed by atoms with van der Waals surface area (Å²) < 4.78 is 2.08. The predicted octanol–water partition coefficient (Wildman–Crippen LogP) is 5.18. The first kappa shape index (κ1) is 21.2. The van der Waals surface area contributed by atoms with Crippen molar-refractivity contribution >= 4 is 55.8 Å². The summed E-state index contributed by atoms with van der Waals surface area (Å²) in [6, 6.07) is 11.9. The summed E-state index contributed by atoms with van der Waals surface area (Å²) in [4.78, 5) is 15.0. The lowest BCUT2D eigenvalue weighted by atomic mass is 10.1. The molecule has 4 nitrogen and oxygen atoms in total. The highest BCUT2D eigenvalue weighted by molar-refractivity contribution is 14.1. The zero-order valence-electron chi connectivity index (χ0n) is 15.4. The van der Waals surface area contributed by atoms with Crippen LogP contribution in [0.25, 0.3) is 0 Å². The van der Waals surface area contributed by atoms with Crippen LogP contribution in [0.5, 0.6) is 0 Å². The van der Waals surface area contributed by atoms with Crippen LogP contribution in [0.2, 0.25) is 0 Å². The Labute approximate surface area is 178 Å². The van der Waals surface area contributed by atoms with Gasteiger partial charge in [0.05, 0.1) is 11.3 Å². The molecule has 0 bridgehead atoms. The van der Waals surface area contributed by atoms with E-state index in [1.165, 1.54) is 3.57 Å². The van der Waals surface area contributed by atoms with E-state index in [2.05, 4.69) is 87.0 Å². The quantitative estimate of drug-likeness (QED) is 0.463. The predicted molar refractivity (Wildman–Crippen MR) is 121 cm³/mol. The van der Waals surface area contributed by atoms with Crippen molar-refractivity contribution in [2.75, 3.05) is 31.5 Å². The van der Waals surface area contributed by atoms with Crippen molar-refractivity contribution in [3.8, 4) is 0 Å². The molecule has 0 heterocycles. The van der Waals surface area contributed by atoms with Crippen molar-refractivity contribution in [2.24, 2.45) is 0 Å². The maximum absolute atomic E-state index is 12.7. The number of amides is 1. The molecular weight excluding hydrogens is 505 g/mol. The molecule has 0 fully saturated rings. The minimum Gasteiger partial charge on any atom is -0.355 e. The molecule has 0 aliphatic heterocycles. The molecule has 0 saturated carbocycles. The number of rotatable bonds is 8. The number of nitrogens with zero attached hydrogens (tertiary/aromatic N) is 1. The van der Waals surface area contributed by atoms with E-state index in [4.69, 9.17) is 0 Å². The summed E-state index contributed by atoms with van der Waals surface area (Å²) in [5, 5.41) is 6.43. The number of benzene rings is 2. The van der Waals surface area contributed by atoms with Gasteiger partial charge in [-0.3, -0.25) is 4.79 Å². The summed E-state index contributed by atoms with van der Waals surface area (Å²) in [6.45, 7) is 9.79. The Balaban J connectivity index is 2.15. The molecule has 0 spiro atoms. The maximum atomic E-state index is 12.7. The molecule has 1 amide bonds. The van der Waals surface area contributed by atoms with E-state index in [0.717, 1.165) is 41.0 Å². The van der Waals surface area contributed by atoms with Crippen molar-refractivity contribution in [1.82, 2.24) is 10.2 Å². The Hall–Kier alpha value is -1.12. The molecule has 6 heteroatoms. The van der Waals surface area contributed by atoms with Gasteiger partial charge in [-0.2, -0.15) is 0 Å². The summed E-state index contributed by atoms with van der Waals surface area (Å²) >= 11 is 5.77. The molecule has 0 aliphatic carbocycles. The third-order valence-corrected chi connectivity index (χ3v) is 5.46. The largest absolute Gasteiger partial charge is 0.355 e. The van der Waals surface area contributed by atoms with E-state index in [1.807, 2.05) is 24.3 Å². The molecule has 0 radical (unpaired) electrons. The third kappa shape index (κ3) is 5.96. The van der Waals surface area contributed by atoms with Gasteiger partial charge in [0.25, 0.3) is 5.91 Å². The monoisotopic (exact) mass is 529 g/mol. The van der Waals surface area contributed by atoms with Gasteiger partial charge in [0.1, 0.15) is 0 Å². The SMILES string of the molecule is CCN(CC)CCNC(=O)c1cc(Br)ccc1Nc1ccc(I)cc1C. The summed E-state index contributed by atoms with van der Waals surface area (Å²) in [5.41, 5.74) is 3.59. The van der Waals surface area contributed by atoms with Crippen LogP contribution in [-0.4, -0.2) is 37.0 Å². The minimum atomic E-state index is -0.0656. The lowest BCUT2D eigenvalue weighted by Crippen LogP contribution is -2.35. The highest BCUT2D eigenvalue weighted by Crippen LogP contribution is 2.27. The molecular formula is C20H25BrIN3O. The van der Waals surface area contributed by atoms with Gasteiger partial charge in [-0.25, -0.2) is 0 Å². The van der Waals surface area contributed by atoms with Crippen LogP contribution in [0, 0.1) is 10.5 Å². The fourth-order valence-electron chi connectivity index (χ4n) is 2.69. The number of halogens is 2. The van der Waals surface area contributed by atoms with Crippen LogP contribution in [0.1, 0.15) is 29.8 Å². The summed E-state index contributed by atoms with van der Waals surface area (Å²) in [5.74, 6) is -0.0656. The lowest BCUT2D eigenvalue weighted by Gasteiger charge is -2.19. The Morgan fingerprint density at radius 3 is 2.46 bits per heavy atom. The van der Waals surface area contributed by atoms with Gasteiger partial charge in [-0.15, -0.1) is 0 Å². The number of nitrogens with one attached hydrogen (secondary N) is 2. The summed E-state index contributed by atoms with van der Waals surface area (Å²) in [6.07, 6.45) is 0. The first-order valence-corrected chi connectivity index (χ1v) is 10.6. The average molecular weight is 530 g/mol. The van der Waals surface area contributed by atoms with Crippen molar-refractivity contribution in [3.05, 3.63) is 55.6 Å². The minimum absolute atomic E-state index is 0.0656. The van der Waals surface area contributed by atoms with E-state index in [1.54, 1.807) is 0 Å². The number of hydrogen-bond acceptors (Lipinski definition) is 3. The van der Waals surface area contributed by atoms with Gasteiger partial charge in [0.2, 0.25) is 0 Å². The highest BCUT2D eigenvalue weighted by atomic mass is 127. The van der Waals surface area contributed by atoms with Crippen LogP contribution in [0.3, 0.4) is 0 Å². The number of carbonyl (C=O) groups is 1. The van der Waals surface area contributed by atoms with Gasteiger partial charge in [0.15, 0.2) is 0 Å². The fraction of sp³-hybridized carbons (Fsp3) is 0.350. The van der Waals surface area contributed by atoms with E-state index in [9.17, 15) is 4.79 Å². The van der Waals surface area contributed by atoms with Crippen LogP contribution in [-0.2, 0) is 0 Å². The molecule has 0 saturated heterocycles. The Kier molecular flexibility index (Phi) is 8.37. The molecule has 2 aromatic carbocycles. The van der Waals surface area contributed by atoms with Gasteiger partial charge in [-0.1, -0.05) is 29.8 Å². The number of aryl methyl sites for hydroxylation is 1. The Morgan fingerprint density at radius 1 is 1.12 bits per heavy atom. The van der Waals surface area contributed by atoms with Gasteiger partial charge < -0.3 is 15.5 Å². The summed E-state index contributed by atoms with van der Waals surface area (Å²) in [7, 11) is 0. The molecule has 0 atom stereocenters. The normalized spacial score (nSPS) is 10.8. The molecule has 2 rings (SSSR count). The smallest absolute Gasteiger partial charge is 0.253 e. The zero-order chi connectivity index (χ0) is 19.1. The van der Waals surface area contributed by atoms with E-state index in [-0.39, 0.29) is 5.91 Å². The second kappa shape index (κ2) is 10.3. The molecule has 140 valence electrons. The topological polar surface area (TPSA) is 44.4 Å². The van der Waals surface area contributed by atoms with Gasteiger partial charge in [0, 0.05) is 26.8 Å². The molecule has 2 aromatic rings. The Bertz CT molecular complexity index is 763. The van der Waals surface area contributed by atoms with Gasteiger partial charge in [-0.05, 0) is 84.6 Å². The Morgan fingerprint density at radius 2 is 1.81 bits per heavy atom. The lowest BCUT2D eigenvalue weighted by molar-refractivity contribution is 0.0949. The third-order valence-electron chi connectivity index (χ3n) is 4.29. The maximum Gasteiger partial charge on any atom is 0.253 e. The van der Waals surface area contributed by atoms with E-state index >= 15 is 0 Å². The fourth-order valence-corrected chi connectivity index (χ4v) is 3.70. The van der Waals surface area contributed by atoms with E-state index in [0.29, 0.717) is 12.1 Å². The van der Waals surface area contributed by atoms with Crippen LogP contribution in [0.4, 0.5) is 11.4 Å². The molecule has 0 aromatic heterocycles. The van der Waals surface area contributed by atoms with Crippen molar-refractivity contribution in [2.45, 2.75) is 20.8 Å². The van der Waals surface area contributed by atoms with Crippen LogP contribution in [0.15, 0.2) is 40.9 Å². The van der Waals surface area contributed by atoms with Crippen molar-refractivity contribution in [3.63, 3.8) is 0 Å². The molecule has 0 unspecified atom stereocenters. The number of likely N-dealkylation sites (N-methyl/N-ethyl adjacent to an activating group) is 1. The van der Waals surface area contributed by atoms with Crippen molar-refractivity contribution in [1.29, 1.82) is 0 Å². The van der Waals surface area contributed by atoms with Crippen molar-refractivity contribution < 1.29 is 4.79 Å². The van der Waals surface area contributed by atoms with Crippen LogP contribution >= 0.6 is 38.5 Å². The molecule has 0 aliphatic rings. The number of anilines is 2. The first-order valence-electron chi connectivity index (χ1n) is 8.77. The van der Waals surface area contributed by atoms with E-state index < -0.39 is 0 Å². The van der Waals surface area contributed by atoms with Crippen LogP contribution < -0.4 is 10.6 Å². The second-order valence-corrected chi connectivity index (χ2v) is 8.22. The highest BCUT2D eigenvalue weighted by Gasteiger charge is 2.13. The number of hydrogen-bond donors (Lipinski definition) is 2. The van der Waals surface area contributed by atoms with Gasteiger partial charge >= 0.3 is 0 Å². The molecule has 2 N–H and O–H groups in total.